The number of imide groups is 1. The van der Waals surface area contributed by atoms with Crippen molar-refractivity contribution in [1.82, 2.24) is 14.9 Å². The third-order valence-electron chi connectivity index (χ3n) is 6.71. The number of imidazole rings is 1. The first-order valence-electron chi connectivity index (χ1n) is 14.4. The molecule has 1 N–H and O–H groups in total. The molecular weight excluding hydrogens is 486 g/mol. The van der Waals surface area contributed by atoms with E-state index in [0.717, 1.165) is 66.7 Å². The zero-order valence-electron chi connectivity index (χ0n) is 24.5. The molecular formula is C33H45N3O3. The van der Waals surface area contributed by atoms with Crippen molar-refractivity contribution >= 4 is 17.6 Å². The van der Waals surface area contributed by atoms with E-state index < -0.39 is 0 Å². The molecule has 1 aliphatic heterocycles. The quantitative estimate of drug-likeness (QED) is 0.227. The van der Waals surface area contributed by atoms with E-state index in [-0.39, 0.29) is 23.5 Å². The monoisotopic (exact) mass is 531 g/mol. The summed E-state index contributed by atoms with van der Waals surface area (Å²) in [6.07, 6.45) is 8.55. The van der Waals surface area contributed by atoms with E-state index in [4.69, 9.17) is 4.98 Å². The molecule has 1 aliphatic rings. The normalized spacial score (nSPS) is 14.5. The zero-order chi connectivity index (χ0) is 28.8. The van der Waals surface area contributed by atoms with E-state index >= 15 is 0 Å². The van der Waals surface area contributed by atoms with Gasteiger partial charge in [0.15, 0.2) is 5.78 Å². The molecule has 4 rings (SSSR count). The van der Waals surface area contributed by atoms with E-state index in [0.29, 0.717) is 12.8 Å². The van der Waals surface area contributed by atoms with Crippen molar-refractivity contribution in [2.75, 3.05) is 0 Å². The number of piperidine rings is 1. The molecule has 2 heterocycles. The lowest BCUT2D eigenvalue weighted by Crippen LogP contribution is -2.39. The van der Waals surface area contributed by atoms with Gasteiger partial charge in [-0.15, -0.1) is 0 Å². The number of Topliss-reactive ketones (excluding diaryl/α,β-unsaturated/α-hetero) is 1. The predicted molar refractivity (Wildman–Crippen MR) is 160 cm³/mol. The van der Waals surface area contributed by atoms with E-state index in [1.165, 1.54) is 5.56 Å². The fraction of sp³-hybridized carbons (Fsp3) is 0.455. The van der Waals surface area contributed by atoms with Gasteiger partial charge in [0, 0.05) is 35.6 Å². The van der Waals surface area contributed by atoms with E-state index in [1.54, 1.807) is 6.92 Å². The molecule has 0 spiro atoms. The molecule has 1 saturated heterocycles. The number of unbranched alkanes of at least 4 members (excludes halogenated alkanes) is 2. The maximum absolute atomic E-state index is 12.1. The highest BCUT2D eigenvalue weighted by molar-refractivity contribution is 5.98. The molecule has 2 aromatic carbocycles. The van der Waals surface area contributed by atoms with Crippen LogP contribution in [0, 0.1) is 5.92 Å². The van der Waals surface area contributed by atoms with Gasteiger partial charge in [-0.2, -0.15) is 0 Å². The number of rotatable bonds is 9. The Bertz CT molecular complexity index is 1210. The van der Waals surface area contributed by atoms with Crippen LogP contribution in [0.2, 0.25) is 0 Å². The fourth-order valence-electron chi connectivity index (χ4n) is 4.45. The van der Waals surface area contributed by atoms with E-state index in [1.807, 2.05) is 45.3 Å². The minimum atomic E-state index is -0.141. The number of ketones is 1. The van der Waals surface area contributed by atoms with Crippen LogP contribution in [0.3, 0.4) is 0 Å². The number of carbonyl (C=O) groups is 3. The Kier molecular flexibility index (Phi) is 13.3. The van der Waals surface area contributed by atoms with Gasteiger partial charge in [-0.3, -0.25) is 19.7 Å². The second-order valence-corrected chi connectivity index (χ2v) is 9.74. The summed E-state index contributed by atoms with van der Waals surface area (Å²) in [7, 11) is 0. The van der Waals surface area contributed by atoms with Crippen molar-refractivity contribution in [1.29, 1.82) is 0 Å². The third-order valence-corrected chi connectivity index (χ3v) is 6.71. The van der Waals surface area contributed by atoms with Gasteiger partial charge in [0.1, 0.15) is 0 Å². The fourth-order valence-corrected chi connectivity index (χ4v) is 4.45. The Morgan fingerprint density at radius 1 is 1.00 bits per heavy atom. The van der Waals surface area contributed by atoms with Crippen LogP contribution < -0.4 is 5.32 Å². The molecule has 39 heavy (non-hydrogen) atoms. The molecule has 0 radical (unpaired) electrons. The minimum absolute atomic E-state index is 0.0164. The summed E-state index contributed by atoms with van der Waals surface area (Å²) in [5.41, 5.74) is 6.39. The Morgan fingerprint density at radius 2 is 1.69 bits per heavy atom. The van der Waals surface area contributed by atoms with Gasteiger partial charge in [-0.05, 0) is 44.2 Å². The molecule has 0 bridgehead atoms. The predicted octanol–water partition coefficient (Wildman–Crippen LogP) is 7.65. The van der Waals surface area contributed by atoms with E-state index in [2.05, 4.69) is 54.1 Å². The highest BCUT2D eigenvalue weighted by Gasteiger charge is 2.21. The molecule has 1 fully saturated rings. The number of nitrogens with zero attached hydrogens (tertiary/aromatic N) is 2. The number of nitrogens with one attached hydrogen (secondary N) is 1. The van der Waals surface area contributed by atoms with Crippen LogP contribution in [-0.2, 0) is 22.6 Å². The van der Waals surface area contributed by atoms with Crippen LogP contribution in [0.5, 0.6) is 0 Å². The summed E-state index contributed by atoms with van der Waals surface area (Å²) < 4.78 is 2.26. The lowest BCUT2D eigenvalue weighted by atomic mass is 9.95. The Balaban J connectivity index is 0.000000407. The van der Waals surface area contributed by atoms with Crippen molar-refractivity contribution in [2.45, 2.75) is 93.0 Å². The Labute approximate surface area is 234 Å². The van der Waals surface area contributed by atoms with Crippen LogP contribution in [0.1, 0.15) is 96.0 Å². The molecule has 2 amide bonds. The topological polar surface area (TPSA) is 81.1 Å². The van der Waals surface area contributed by atoms with Crippen LogP contribution in [-0.4, -0.2) is 27.1 Å². The highest BCUT2D eigenvalue weighted by atomic mass is 16.2. The maximum atomic E-state index is 12.1. The summed E-state index contributed by atoms with van der Waals surface area (Å²) in [5, 5.41) is 2.25. The van der Waals surface area contributed by atoms with Gasteiger partial charge in [0.25, 0.3) is 0 Å². The SMILES string of the molecule is CC.CC1CCC(=O)NC1=O.CCCCc1cc(-c2ncn(CCCC)c2-c2ccccc2)ccc1C(C)=O. The average Bonchev–Trinajstić information content (AvgIpc) is 3.38. The van der Waals surface area contributed by atoms with Crippen molar-refractivity contribution in [3.8, 4) is 22.5 Å². The smallest absolute Gasteiger partial charge is 0.229 e. The van der Waals surface area contributed by atoms with Gasteiger partial charge < -0.3 is 4.57 Å². The Morgan fingerprint density at radius 3 is 2.28 bits per heavy atom. The van der Waals surface area contributed by atoms with Gasteiger partial charge in [0.2, 0.25) is 11.8 Å². The number of hydrogen-bond acceptors (Lipinski definition) is 4. The van der Waals surface area contributed by atoms with Crippen LogP contribution in [0.25, 0.3) is 22.5 Å². The maximum Gasteiger partial charge on any atom is 0.229 e. The van der Waals surface area contributed by atoms with Gasteiger partial charge in [0.05, 0.1) is 17.7 Å². The molecule has 210 valence electrons. The van der Waals surface area contributed by atoms with Crippen LogP contribution in [0.4, 0.5) is 0 Å². The summed E-state index contributed by atoms with van der Waals surface area (Å²) in [4.78, 5) is 38.0. The second-order valence-electron chi connectivity index (χ2n) is 9.74. The molecule has 1 aromatic heterocycles. The summed E-state index contributed by atoms with van der Waals surface area (Å²) in [6.45, 7) is 12.8. The van der Waals surface area contributed by atoms with Gasteiger partial charge in [-0.25, -0.2) is 4.98 Å². The molecule has 6 nitrogen and oxygen atoms in total. The van der Waals surface area contributed by atoms with E-state index in [9.17, 15) is 14.4 Å². The summed E-state index contributed by atoms with van der Waals surface area (Å²) >= 11 is 0. The first-order chi connectivity index (χ1) is 18.8. The number of carbonyl (C=O) groups excluding carboxylic acids is 3. The first-order valence-corrected chi connectivity index (χ1v) is 14.4. The Hall–Kier alpha value is -3.54. The minimum Gasteiger partial charge on any atom is -0.330 e. The van der Waals surface area contributed by atoms with Gasteiger partial charge in [-0.1, -0.05) is 89.9 Å². The third kappa shape index (κ3) is 9.02. The standard InChI is InChI=1S/C25H30N2O.C6H9NO2.C2H6/c1-4-6-11-21-17-22(14-15-23(21)19(3)28)24-25(20-12-9-8-10-13-20)27(18-26-24)16-7-5-2;1-4-2-3-5(8)7-6(4)9;1-2/h8-10,12-15,17-18H,4-7,11,16H2,1-3H3;4H,2-3H2,1H3,(H,7,8,9);1-2H3. The largest absolute Gasteiger partial charge is 0.330 e. The lowest BCUT2D eigenvalue weighted by Gasteiger charge is -2.15. The number of aromatic nitrogens is 2. The van der Waals surface area contributed by atoms with Crippen molar-refractivity contribution in [3.05, 3.63) is 66.0 Å². The molecule has 0 saturated carbocycles. The number of aryl methyl sites for hydroxylation is 2. The van der Waals surface area contributed by atoms with Gasteiger partial charge >= 0.3 is 0 Å². The number of hydrogen-bond donors (Lipinski definition) is 1. The first kappa shape index (κ1) is 31.7. The molecule has 0 aliphatic carbocycles. The highest BCUT2D eigenvalue weighted by Crippen LogP contribution is 2.33. The van der Waals surface area contributed by atoms with Crippen molar-refractivity contribution in [2.24, 2.45) is 5.92 Å². The summed E-state index contributed by atoms with van der Waals surface area (Å²) in [6, 6.07) is 16.7. The lowest BCUT2D eigenvalue weighted by molar-refractivity contribution is -0.135. The molecule has 6 heteroatoms. The summed E-state index contributed by atoms with van der Waals surface area (Å²) in [5.74, 6) is -0.124. The van der Waals surface area contributed by atoms with Crippen molar-refractivity contribution in [3.63, 3.8) is 0 Å². The molecule has 1 unspecified atom stereocenters. The van der Waals surface area contributed by atoms with Crippen LogP contribution in [0.15, 0.2) is 54.9 Å². The van der Waals surface area contributed by atoms with Crippen molar-refractivity contribution < 1.29 is 14.4 Å². The molecule has 1 atom stereocenters. The second kappa shape index (κ2) is 16.4. The zero-order valence-corrected chi connectivity index (χ0v) is 24.5. The number of amides is 2. The molecule has 3 aromatic rings. The number of benzene rings is 2. The van der Waals surface area contributed by atoms with Crippen LogP contribution >= 0.6 is 0 Å². The average molecular weight is 532 g/mol.